The van der Waals surface area contributed by atoms with Crippen LogP contribution in [0.5, 0.6) is 11.6 Å². The van der Waals surface area contributed by atoms with Gasteiger partial charge in [-0.25, -0.2) is 4.98 Å². The summed E-state index contributed by atoms with van der Waals surface area (Å²) in [4.78, 5) is 7.48. The standard InChI is InChI=1S/C13H7ClF3N3O/c1-7-4-11(20-12(14)19-7)21-10-3-2-8(6-18)5-9(10)13(15,16)17/h2-5H,1H3. The lowest BCUT2D eigenvalue weighted by atomic mass is 10.1. The fraction of sp³-hybridized carbons (Fsp3) is 0.154. The van der Waals surface area contributed by atoms with Crippen molar-refractivity contribution >= 4 is 11.6 Å². The van der Waals surface area contributed by atoms with Gasteiger partial charge in [0.1, 0.15) is 5.75 Å². The van der Waals surface area contributed by atoms with E-state index in [-0.39, 0.29) is 16.7 Å². The smallest absolute Gasteiger partial charge is 0.420 e. The molecule has 21 heavy (non-hydrogen) atoms. The van der Waals surface area contributed by atoms with Gasteiger partial charge in [-0.2, -0.15) is 23.4 Å². The first kappa shape index (κ1) is 15.1. The lowest BCUT2D eigenvalue weighted by molar-refractivity contribution is -0.138. The fourth-order valence-electron chi connectivity index (χ4n) is 1.58. The molecule has 4 nitrogen and oxygen atoms in total. The van der Waals surface area contributed by atoms with Crippen LogP contribution in [-0.2, 0) is 6.18 Å². The average molecular weight is 314 g/mol. The van der Waals surface area contributed by atoms with Crippen LogP contribution in [0.2, 0.25) is 5.28 Å². The summed E-state index contributed by atoms with van der Waals surface area (Å²) in [6.45, 7) is 1.60. The number of nitrogens with zero attached hydrogens (tertiary/aromatic N) is 3. The van der Waals surface area contributed by atoms with E-state index in [0.717, 1.165) is 6.07 Å². The van der Waals surface area contributed by atoms with E-state index >= 15 is 0 Å². The van der Waals surface area contributed by atoms with E-state index in [1.54, 1.807) is 13.0 Å². The summed E-state index contributed by atoms with van der Waals surface area (Å²) < 4.78 is 44.1. The molecule has 0 N–H and O–H groups in total. The molecule has 2 rings (SSSR count). The molecule has 0 saturated heterocycles. The van der Waals surface area contributed by atoms with Crippen LogP contribution in [0.4, 0.5) is 13.2 Å². The van der Waals surface area contributed by atoms with E-state index in [9.17, 15) is 13.2 Å². The van der Waals surface area contributed by atoms with Gasteiger partial charge in [0.25, 0.3) is 0 Å². The minimum atomic E-state index is -4.66. The molecule has 0 aliphatic heterocycles. The van der Waals surface area contributed by atoms with Crippen molar-refractivity contribution in [1.29, 1.82) is 5.26 Å². The van der Waals surface area contributed by atoms with Gasteiger partial charge in [0.2, 0.25) is 11.2 Å². The Morgan fingerprint density at radius 3 is 2.52 bits per heavy atom. The second-order valence-electron chi connectivity index (χ2n) is 4.04. The zero-order chi connectivity index (χ0) is 15.6. The molecular formula is C13H7ClF3N3O. The van der Waals surface area contributed by atoms with Crippen LogP contribution in [0.3, 0.4) is 0 Å². The van der Waals surface area contributed by atoms with E-state index in [2.05, 4.69) is 9.97 Å². The molecule has 0 aliphatic rings. The Balaban J connectivity index is 2.46. The Bertz CT molecular complexity index is 705. The summed E-state index contributed by atoms with van der Waals surface area (Å²) in [5.41, 5.74) is -0.729. The maximum atomic E-state index is 13.0. The van der Waals surface area contributed by atoms with Gasteiger partial charge in [0.05, 0.1) is 17.2 Å². The van der Waals surface area contributed by atoms with Gasteiger partial charge in [-0.3, -0.25) is 0 Å². The van der Waals surface area contributed by atoms with Gasteiger partial charge in [0, 0.05) is 11.8 Å². The normalized spacial score (nSPS) is 11.0. The first-order valence-electron chi connectivity index (χ1n) is 5.60. The number of alkyl halides is 3. The number of halogens is 4. The van der Waals surface area contributed by atoms with Crippen LogP contribution in [-0.4, -0.2) is 9.97 Å². The summed E-state index contributed by atoms with van der Waals surface area (Å²) >= 11 is 5.63. The number of aromatic nitrogens is 2. The van der Waals surface area contributed by atoms with Gasteiger partial charge in [-0.15, -0.1) is 0 Å². The maximum Gasteiger partial charge on any atom is 0.420 e. The zero-order valence-corrected chi connectivity index (χ0v) is 11.3. The number of ether oxygens (including phenoxy) is 1. The van der Waals surface area contributed by atoms with E-state index in [1.165, 1.54) is 12.1 Å². The maximum absolute atomic E-state index is 13.0. The molecule has 0 aliphatic carbocycles. The molecular weight excluding hydrogens is 307 g/mol. The zero-order valence-electron chi connectivity index (χ0n) is 10.6. The van der Waals surface area contributed by atoms with E-state index in [1.807, 2.05) is 0 Å². The van der Waals surface area contributed by atoms with Gasteiger partial charge in [-0.1, -0.05) is 0 Å². The molecule has 1 aromatic carbocycles. The van der Waals surface area contributed by atoms with Crippen LogP contribution in [0.25, 0.3) is 0 Å². The SMILES string of the molecule is Cc1cc(Oc2ccc(C#N)cc2C(F)(F)F)nc(Cl)n1. The van der Waals surface area contributed by atoms with E-state index < -0.39 is 17.5 Å². The lowest BCUT2D eigenvalue weighted by Crippen LogP contribution is -2.08. The molecule has 0 atom stereocenters. The number of aryl methyl sites for hydroxylation is 1. The van der Waals surface area contributed by atoms with Gasteiger partial charge in [-0.05, 0) is 36.7 Å². The first-order valence-corrected chi connectivity index (χ1v) is 5.98. The molecule has 0 saturated carbocycles. The van der Waals surface area contributed by atoms with Gasteiger partial charge < -0.3 is 4.74 Å². The van der Waals surface area contributed by atoms with Crippen molar-refractivity contribution in [2.45, 2.75) is 13.1 Å². The second kappa shape index (κ2) is 5.58. The minimum absolute atomic E-state index is 0.109. The quantitative estimate of drug-likeness (QED) is 0.782. The molecule has 1 heterocycles. The van der Waals surface area contributed by atoms with Crippen LogP contribution >= 0.6 is 11.6 Å². The molecule has 0 unspecified atom stereocenters. The van der Waals surface area contributed by atoms with Crippen molar-refractivity contribution in [3.8, 4) is 17.7 Å². The second-order valence-corrected chi connectivity index (χ2v) is 4.38. The molecule has 0 radical (unpaired) electrons. The highest BCUT2D eigenvalue weighted by atomic mass is 35.5. The van der Waals surface area contributed by atoms with Gasteiger partial charge in [0.15, 0.2) is 0 Å². The van der Waals surface area contributed by atoms with Gasteiger partial charge >= 0.3 is 6.18 Å². The van der Waals surface area contributed by atoms with Crippen molar-refractivity contribution in [1.82, 2.24) is 9.97 Å². The molecule has 0 amide bonds. The summed E-state index contributed by atoms with van der Waals surface area (Å²) in [7, 11) is 0. The molecule has 1 aromatic heterocycles. The monoisotopic (exact) mass is 313 g/mol. The number of nitriles is 1. The highest BCUT2D eigenvalue weighted by Crippen LogP contribution is 2.38. The Morgan fingerprint density at radius 1 is 1.24 bits per heavy atom. The molecule has 0 spiro atoms. The Morgan fingerprint density at radius 2 is 1.95 bits per heavy atom. The highest BCUT2D eigenvalue weighted by molar-refractivity contribution is 6.28. The Labute approximate surface area is 122 Å². The number of hydrogen-bond donors (Lipinski definition) is 0. The molecule has 8 heteroatoms. The fourth-order valence-corrected chi connectivity index (χ4v) is 1.80. The Hall–Kier alpha value is -2.33. The summed E-state index contributed by atoms with van der Waals surface area (Å²) in [6, 6.07) is 6.00. The predicted octanol–water partition coefficient (Wildman–Crippen LogP) is 4.12. The number of benzene rings is 1. The van der Waals surface area contributed by atoms with Crippen molar-refractivity contribution in [3.63, 3.8) is 0 Å². The summed E-state index contributed by atoms with van der Waals surface area (Å²) in [5, 5.41) is 8.55. The van der Waals surface area contributed by atoms with Crippen LogP contribution in [0, 0.1) is 18.3 Å². The number of rotatable bonds is 2. The van der Waals surface area contributed by atoms with E-state index in [4.69, 9.17) is 21.6 Å². The highest BCUT2D eigenvalue weighted by Gasteiger charge is 2.35. The summed E-state index contributed by atoms with van der Waals surface area (Å²) in [6.07, 6.45) is -4.66. The largest absolute Gasteiger partial charge is 0.438 e. The molecule has 2 aromatic rings. The Kier molecular flexibility index (Phi) is 4.00. The third-order valence-corrected chi connectivity index (χ3v) is 2.60. The van der Waals surface area contributed by atoms with E-state index in [0.29, 0.717) is 11.8 Å². The van der Waals surface area contributed by atoms with Crippen LogP contribution in [0.1, 0.15) is 16.8 Å². The first-order chi connectivity index (χ1) is 9.79. The third-order valence-electron chi connectivity index (χ3n) is 2.43. The molecule has 0 fully saturated rings. The molecule has 108 valence electrons. The van der Waals surface area contributed by atoms with Crippen molar-refractivity contribution in [2.75, 3.05) is 0 Å². The van der Waals surface area contributed by atoms with Crippen molar-refractivity contribution in [2.24, 2.45) is 0 Å². The van der Waals surface area contributed by atoms with Crippen LogP contribution in [0.15, 0.2) is 24.3 Å². The number of hydrogen-bond acceptors (Lipinski definition) is 4. The topological polar surface area (TPSA) is 58.8 Å². The lowest BCUT2D eigenvalue weighted by Gasteiger charge is -2.13. The summed E-state index contributed by atoms with van der Waals surface area (Å²) in [5.74, 6) is -0.571. The average Bonchev–Trinajstić information content (AvgIpc) is 2.36. The predicted molar refractivity (Wildman–Crippen MR) is 68.0 cm³/mol. The van der Waals surface area contributed by atoms with Crippen LogP contribution < -0.4 is 4.74 Å². The third kappa shape index (κ3) is 3.61. The minimum Gasteiger partial charge on any atom is -0.438 e. The molecule has 0 bridgehead atoms. The van der Waals surface area contributed by atoms with Crippen molar-refractivity contribution < 1.29 is 17.9 Å². The van der Waals surface area contributed by atoms with Crippen molar-refractivity contribution in [3.05, 3.63) is 46.4 Å².